The van der Waals surface area contributed by atoms with E-state index in [0.717, 1.165) is 41.5 Å². The number of nitrogens with zero attached hydrogens (tertiary/aromatic N) is 4. The third-order valence-corrected chi connectivity index (χ3v) is 5.47. The molecule has 2 heterocycles. The molecule has 0 aliphatic carbocycles. The molecule has 1 aromatic heterocycles. The Bertz CT molecular complexity index is 861. The summed E-state index contributed by atoms with van der Waals surface area (Å²) >= 11 is 1.29. The van der Waals surface area contributed by atoms with E-state index >= 15 is 0 Å². The van der Waals surface area contributed by atoms with Gasteiger partial charge in [0.05, 0.1) is 19.1 Å². The summed E-state index contributed by atoms with van der Waals surface area (Å²) in [7, 11) is 1.64. The Morgan fingerprint density at radius 3 is 2.62 bits per heavy atom. The fourth-order valence-electron chi connectivity index (χ4n) is 3.25. The van der Waals surface area contributed by atoms with Crippen molar-refractivity contribution < 1.29 is 9.53 Å². The second kappa shape index (κ2) is 10.2. The van der Waals surface area contributed by atoms with Crippen LogP contribution in [0.4, 0.5) is 5.69 Å². The van der Waals surface area contributed by atoms with Crippen LogP contribution in [-0.2, 0) is 4.79 Å². The summed E-state index contributed by atoms with van der Waals surface area (Å²) < 4.78 is 5.51. The minimum atomic E-state index is -0.210. The van der Waals surface area contributed by atoms with E-state index in [1.54, 1.807) is 13.3 Å². The van der Waals surface area contributed by atoms with E-state index in [-0.39, 0.29) is 11.7 Å². The maximum atomic E-state index is 12.1. The maximum absolute atomic E-state index is 12.1. The smallest absolute Gasteiger partial charge is 0.250 e. The van der Waals surface area contributed by atoms with E-state index in [1.165, 1.54) is 31.0 Å². The number of hydrogen-bond acceptors (Lipinski definition) is 7. The highest BCUT2D eigenvalue weighted by atomic mass is 32.2. The van der Waals surface area contributed by atoms with E-state index in [1.807, 2.05) is 32.0 Å². The predicted molar refractivity (Wildman–Crippen MR) is 117 cm³/mol. The van der Waals surface area contributed by atoms with E-state index in [0.29, 0.717) is 5.16 Å². The number of rotatable bonds is 7. The molecule has 3 rings (SSSR count). The molecule has 0 spiro atoms. The highest BCUT2D eigenvalue weighted by Crippen LogP contribution is 2.26. The lowest BCUT2D eigenvalue weighted by Gasteiger charge is -2.29. The van der Waals surface area contributed by atoms with Crippen LogP contribution in [0.1, 0.15) is 36.2 Å². The van der Waals surface area contributed by atoms with Crippen LogP contribution in [0, 0.1) is 13.8 Å². The fourth-order valence-corrected chi connectivity index (χ4v) is 3.99. The normalized spacial score (nSPS) is 14.2. The SMILES string of the molecule is COc1cc(N2CCCCC2)ccc1/C=N\NC(=O)CSc1nc(C)cc(C)n1. The molecule has 1 aliphatic rings. The van der Waals surface area contributed by atoms with Crippen molar-refractivity contribution in [2.75, 3.05) is 30.9 Å². The molecule has 8 heteroatoms. The summed E-state index contributed by atoms with van der Waals surface area (Å²) in [5.41, 5.74) is 6.30. The van der Waals surface area contributed by atoms with E-state index in [2.05, 4.69) is 31.5 Å². The second-order valence-electron chi connectivity index (χ2n) is 6.99. The maximum Gasteiger partial charge on any atom is 0.250 e. The molecule has 1 fully saturated rings. The first-order valence-electron chi connectivity index (χ1n) is 9.75. The van der Waals surface area contributed by atoms with Crippen molar-refractivity contribution in [2.24, 2.45) is 5.10 Å². The predicted octanol–water partition coefficient (Wildman–Crippen LogP) is 3.33. The van der Waals surface area contributed by atoms with Gasteiger partial charge in [0, 0.05) is 41.8 Å². The largest absolute Gasteiger partial charge is 0.496 e. The first kappa shape index (κ1) is 21.1. The number of anilines is 1. The van der Waals surface area contributed by atoms with Crippen LogP contribution in [0.15, 0.2) is 34.5 Å². The topological polar surface area (TPSA) is 79.7 Å². The molecular weight excluding hydrogens is 386 g/mol. The molecule has 29 heavy (non-hydrogen) atoms. The van der Waals surface area contributed by atoms with Gasteiger partial charge in [-0.3, -0.25) is 4.79 Å². The molecule has 1 amide bonds. The summed E-state index contributed by atoms with van der Waals surface area (Å²) in [5, 5.41) is 4.66. The van der Waals surface area contributed by atoms with Gasteiger partial charge >= 0.3 is 0 Å². The number of thioether (sulfide) groups is 1. The lowest BCUT2D eigenvalue weighted by molar-refractivity contribution is -0.118. The van der Waals surface area contributed by atoms with Crippen LogP contribution < -0.4 is 15.1 Å². The molecule has 0 atom stereocenters. The van der Waals surface area contributed by atoms with Gasteiger partial charge in [-0.05, 0) is 51.3 Å². The van der Waals surface area contributed by atoms with Crippen LogP contribution >= 0.6 is 11.8 Å². The highest BCUT2D eigenvalue weighted by molar-refractivity contribution is 7.99. The molecule has 154 valence electrons. The van der Waals surface area contributed by atoms with Gasteiger partial charge in [0.25, 0.3) is 5.91 Å². The molecule has 1 N–H and O–H groups in total. The number of hydrazone groups is 1. The lowest BCUT2D eigenvalue weighted by Crippen LogP contribution is -2.29. The summed E-state index contributed by atoms with van der Waals surface area (Å²) in [6, 6.07) is 7.97. The molecule has 0 bridgehead atoms. The van der Waals surface area contributed by atoms with E-state index < -0.39 is 0 Å². The van der Waals surface area contributed by atoms with E-state index in [4.69, 9.17) is 4.74 Å². The number of amides is 1. The van der Waals surface area contributed by atoms with Crippen molar-refractivity contribution in [2.45, 2.75) is 38.3 Å². The Kier molecular flexibility index (Phi) is 7.46. The molecule has 7 nitrogen and oxygen atoms in total. The summed E-state index contributed by atoms with van der Waals surface area (Å²) in [4.78, 5) is 23.1. The molecular formula is C21H27N5O2S. The Labute approximate surface area is 176 Å². The summed E-state index contributed by atoms with van der Waals surface area (Å²) in [5.74, 6) is 0.729. The molecule has 2 aromatic rings. The van der Waals surface area contributed by atoms with Gasteiger partial charge < -0.3 is 9.64 Å². The van der Waals surface area contributed by atoms with Gasteiger partial charge in [-0.25, -0.2) is 15.4 Å². The highest BCUT2D eigenvalue weighted by Gasteiger charge is 2.13. The van der Waals surface area contributed by atoms with Crippen LogP contribution in [-0.4, -0.2) is 48.0 Å². The standard InChI is InChI=1S/C21H27N5O2S/c1-15-11-16(2)24-21(23-15)29-14-20(27)25-22-13-17-7-8-18(12-19(17)28-3)26-9-5-4-6-10-26/h7-8,11-13H,4-6,9-10,14H2,1-3H3,(H,25,27)/b22-13-. The Morgan fingerprint density at radius 1 is 1.21 bits per heavy atom. The minimum Gasteiger partial charge on any atom is -0.496 e. The Balaban J connectivity index is 1.55. The van der Waals surface area contributed by atoms with Crippen LogP contribution in [0.5, 0.6) is 5.75 Å². The third-order valence-electron chi connectivity index (χ3n) is 4.63. The van der Waals surface area contributed by atoms with Gasteiger partial charge in [0.1, 0.15) is 5.75 Å². The summed E-state index contributed by atoms with van der Waals surface area (Å²) in [6.45, 7) is 5.98. The van der Waals surface area contributed by atoms with Crippen LogP contribution in [0.3, 0.4) is 0 Å². The second-order valence-corrected chi connectivity index (χ2v) is 7.93. The first-order valence-corrected chi connectivity index (χ1v) is 10.7. The van der Waals surface area contributed by atoms with Gasteiger partial charge in [-0.15, -0.1) is 0 Å². The number of aryl methyl sites for hydroxylation is 2. The minimum absolute atomic E-state index is 0.200. The van der Waals surface area contributed by atoms with Crippen molar-refractivity contribution >= 4 is 29.6 Å². The Morgan fingerprint density at radius 2 is 1.93 bits per heavy atom. The average molecular weight is 414 g/mol. The zero-order valence-corrected chi connectivity index (χ0v) is 18.0. The summed E-state index contributed by atoms with van der Waals surface area (Å²) in [6.07, 6.45) is 5.35. The van der Waals surface area contributed by atoms with E-state index in [9.17, 15) is 4.79 Å². The number of methoxy groups -OCH3 is 1. The number of benzene rings is 1. The third kappa shape index (κ3) is 6.19. The monoisotopic (exact) mass is 413 g/mol. The molecule has 0 saturated carbocycles. The van der Waals surface area contributed by atoms with Crippen LogP contribution in [0.25, 0.3) is 0 Å². The van der Waals surface area contributed by atoms with Crippen molar-refractivity contribution in [3.63, 3.8) is 0 Å². The number of nitrogens with one attached hydrogen (secondary N) is 1. The molecule has 0 radical (unpaired) electrons. The number of piperidine rings is 1. The fraction of sp³-hybridized carbons (Fsp3) is 0.429. The lowest BCUT2D eigenvalue weighted by atomic mass is 10.1. The number of ether oxygens (including phenoxy) is 1. The van der Waals surface area contributed by atoms with Gasteiger partial charge in [0.2, 0.25) is 0 Å². The first-order chi connectivity index (χ1) is 14.0. The van der Waals surface area contributed by atoms with Crippen molar-refractivity contribution in [3.8, 4) is 5.75 Å². The van der Waals surface area contributed by atoms with Crippen molar-refractivity contribution in [1.29, 1.82) is 0 Å². The van der Waals surface area contributed by atoms with Gasteiger partial charge in [0.15, 0.2) is 5.16 Å². The number of carbonyl (C=O) groups is 1. The molecule has 0 unspecified atom stereocenters. The molecule has 1 aliphatic heterocycles. The molecule has 1 saturated heterocycles. The Hall–Kier alpha value is -2.61. The van der Waals surface area contributed by atoms with Crippen molar-refractivity contribution in [3.05, 3.63) is 41.2 Å². The van der Waals surface area contributed by atoms with Crippen LogP contribution in [0.2, 0.25) is 0 Å². The molecule has 1 aromatic carbocycles. The van der Waals surface area contributed by atoms with Gasteiger partial charge in [-0.2, -0.15) is 5.10 Å². The number of carbonyl (C=O) groups excluding carboxylic acids is 1. The average Bonchev–Trinajstić information content (AvgIpc) is 2.72. The van der Waals surface area contributed by atoms with Gasteiger partial charge in [-0.1, -0.05) is 11.8 Å². The number of hydrogen-bond donors (Lipinski definition) is 1. The quantitative estimate of drug-likeness (QED) is 0.325. The van der Waals surface area contributed by atoms with Crippen molar-refractivity contribution in [1.82, 2.24) is 15.4 Å². The number of aromatic nitrogens is 2. The zero-order valence-electron chi connectivity index (χ0n) is 17.1. The zero-order chi connectivity index (χ0) is 20.6.